The fraction of sp³-hybridized carbons (Fsp3) is 0.0714. The summed E-state index contributed by atoms with van der Waals surface area (Å²) in [5, 5.41) is 2.55. The molecule has 1 aromatic carbocycles. The first kappa shape index (κ1) is 18.8. The van der Waals surface area contributed by atoms with Crippen LogP contribution in [-0.4, -0.2) is 32.7 Å². The second-order valence-electron chi connectivity index (χ2n) is 5.13. The molecule has 0 aliphatic carbocycles. The van der Waals surface area contributed by atoms with Gasteiger partial charge in [0.25, 0.3) is 5.82 Å². The number of hydrogen-bond acceptors (Lipinski definition) is 5. The number of benzene rings is 1. The lowest BCUT2D eigenvalue weighted by Crippen LogP contribution is -2.09. The van der Waals surface area contributed by atoms with E-state index in [-0.39, 0.29) is 11.3 Å². The summed E-state index contributed by atoms with van der Waals surface area (Å²) in [7, 11) is -4.62. The number of pyridine rings is 1. The highest BCUT2D eigenvalue weighted by atomic mass is 32.2. The topological polar surface area (TPSA) is 98.0 Å². The molecular weight excluding hydrogens is 399 g/mol. The van der Waals surface area contributed by atoms with E-state index in [0.29, 0.717) is 16.8 Å². The van der Waals surface area contributed by atoms with Crippen molar-refractivity contribution in [1.82, 2.24) is 19.7 Å². The molecule has 13 heteroatoms. The van der Waals surface area contributed by atoms with Crippen LogP contribution in [0.4, 0.5) is 22.0 Å². The van der Waals surface area contributed by atoms with Gasteiger partial charge >= 0.3 is 16.3 Å². The summed E-state index contributed by atoms with van der Waals surface area (Å²) in [6, 6.07) is 4.18. The van der Waals surface area contributed by atoms with Gasteiger partial charge in [0.1, 0.15) is 0 Å². The molecule has 0 saturated carbocycles. The van der Waals surface area contributed by atoms with E-state index in [1.165, 1.54) is 0 Å². The molecule has 2 heterocycles. The predicted octanol–water partition coefficient (Wildman–Crippen LogP) is 2.87. The van der Waals surface area contributed by atoms with Crippen molar-refractivity contribution in [3.8, 4) is 17.1 Å². The predicted molar refractivity (Wildman–Crippen MR) is 79.3 cm³/mol. The fourth-order valence-corrected chi connectivity index (χ4v) is 2.51. The van der Waals surface area contributed by atoms with E-state index >= 15 is 0 Å². The summed E-state index contributed by atoms with van der Waals surface area (Å²) in [5.41, 5.74) is -0.374. The Morgan fingerprint density at radius 3 is 2.26 bits per heavy atom. The molecule has 0 amide bonds. The van der Waals surface area contributed by atoms with Gasteiger partial charge in [0, 0.05) is 5.56 Å². The molecule has 0 aliphatic heterocycles. The maximum Gasteiger partial charge on any atom is 0.453 e. The van der Waals surface area contributed by atoms with Crippen LogP contribution in [0.1, 0.15) is 5.82 Å². The summed E-state index contributed by atoms with van der Waals surface area (Å²) in [6.07, 6.45) is -4.11. The smallest absolute Gasteiger partial charge is 0.281 e. The van der Waals surface area contributed by atoms with Crippen LogP contribution in [0.5, 0.6) is 0 Å². The first-order valence-corrected chi connectivity index (χ1v) is 8.34. The normalized spacial score (nSPS) is 12.4. The van der Waals surface area contributed by atoms with Crippen molar-refractivity contribution in [2.24, 2.45) is 0 Å². The van der Waals surface area contributed by atoms with Gasteiger partial charge in [-0.2, -0.15) is 21.6 Å². The zero-order valence-electron chi connectivity index (χ0n) is 12.8. The lowest BCUT2D eigenvalue weighted by molar-refractivity contribution is -0.144. The highest BCUT2D eigenvalue weighted by molar-refractivity contribution is 7.85. The molecular formula is C14H7F5N4O3S. The number of nitrogens with zero attached hydrogens (tertiary/aromatic N) is 4. The molecule has 2 aromatic heterocycles. The Balaban J connectivity index is 2.19. The zero-order chi connectivity index (χ0) is 20.0. The van der Waals surface area contributed by atoms with Gasteiger partial charge in [0.05, 0.1) is 11.9 Å². The third-order valence-electron chi connectivity index (χ3n) is 3.27. The average molecular weight is 406 g/mol. The molecule has 1 N–H and O–H groups in total. The minimum absolute atomic E-state index is 0.162. The monoisotopic (exact) mass is 406 g/mol. The molecule has 0 aliphatic rings. The highest BCUT2D eigenvalue weighted by Gasteiger charge is 2.37. The molecule has 0 saturated heterocycles. The maximum atomic E-state index is 13.5. The van der Waals surface area contributed by atoms with E-state index in [2.05, 4.69) is 15.1 Å². The molecule has 3 aromatic rings. The zero-order valence-corrected chi connectivity index (χ0v) is 13.6. The number of rotatable bonds is 3. The third-order valence-corrected chi connectivity index (χ3v) is 4.04. The molecule has 3 rings (SSSR count). The van der Waals surface area contributed by atoms with E-state index in [0.717, 1.165) is 24.4 Å². The van der Waals surface area contributed by atoms with E-state index in [9.17, 15) is 30.4 Å². The van der Waals surface area contributed by atoms with E-state index in [1.807, 2.05) is 0 Å². The average Bonchev–Trinajstić information content (AvgIpc) is 3.02. The summed E-state index contributed by atoms with van der Waals surface area (Å²) in [5.74, 6) is -4.56. The standard InChI is InChI=1S/C14H7F5N4O3S/c15-9-3-1-7(5-10(9)16)12-21-13(14(17,18)19)22-23(12)8-2-4-11(20-6-8)27(24,25)26/h1-6H,(H,24,25,26). The largest absolute Gasteiger partial charge is 0.453 e. The van der Waals surface area contributed by atoms with E-state index in [4.69, 9.17) is 4.55 Å². The van der Waals surface area contributed by atoms with Crippen LogP contribution in [0.25, 0.3) is 17.1 Å². The number of hydrogen-bond donors (Lipinski definition) is 1. The minimum atomic E-state index is -4.93. The van der Waals surface area contributed by atoms with Crippen LogP contribution in [0.2, 0.25) is 0 Å². The molecule has 7 nitrogen and oxygen atoms in total. The van der Waals surface area contributed by atoms with Gasteiger partial charge in [-0.15, -0.1) is 5.10 Å². The summed E-state index contributed by atoms with van der Waals surface area (Å²) in [4.78, 5) is 6.73. The van der Waals surface area contributed by atoms with E-state index < -0.39 is 44.6 Å². The summed E-state index contributed by atoms with van der Waals surface area (Å²) in [6.45, 7) is 0. The Hall–Kier alpha value is -2.93. The molecule has 0 spiro atoms. The Kier molecular flexibility index (Phi) is 4.43. The maximum absolute atomic E-state index is 13.5. The second-order valence-corrected chi connectivity index (χ2v) is 6.50. The molecule has 0 radical (unpaired) electrons. The van der Waals surface area contributed by atoms with Gasteiger partial charge in [-0.05, 0) is 30.3 Å². The Labute approximate surface area is 147 Å². The van der Waals surface area contributed by atoms with Gasteiger partial charge in [0.15, 0.2) is 22.5 Å². The lowest BCUT2D eigenvalue weighted by Gasteiger charge is -2.06. The molecule has 27 heavy (non-hydrogen) atoms. The van der Waals surface area contributed by atoms with Crippen LogP contribution in [-0.2, 0) is 16.3 Å². The molecule has 142 valence electrons. The van der Waals surface area contributed by atoms with Crippen LogP contribution >= 0.6 is 0 Å². The Morgan fingerprint density at radius 1 is 1.04 bits per heavy atom. The number of halogens is 5. The van der Waals surface area contributed by atoms with Crippen LogP contribution in [0.15, 0.2) is 41.6 Å². The number of alkyl halides is 3. The van der Waals surface area contributed by atoms with Gasteiger partial charge in [-0.25, -0.2) is 23.4 Å². The third kappa shape index (κ3) is 3.78. The highest BCUT2D eigenvalue weighted by Crippen LogP contribution is 2.30. The lowest BCUT2D eigenvalue weighted by atomic mass is 10.2. The van der Waals surface area contributed by atoms with E-state index in [1.54, 1.807) is 0 Å². The molecule has 0 fully saturated rings. The minimum Gasteiger partial charge on any atom is -0.281 e. The van der Waals surface area contributed by atoms with Gasteiger partial charge in [-0.3, -0.25) is 4.55 Å². The first-order valence-electron chi connectivity index (χ1n) is 6.90. The van der Waals surface area contributed by atoms with Crippen molar-refractivity contribution < 1.29 is 34.9 Å². The summed E-state index contributed by atoms with van der Waals surface area (Å²) >= 11 is 0. The SMILES string of the molecule is O=S(=O)(O)c1ccc(-n2nc(C(F)(F)F)nc2-c2ccc(F)c(F)c2)cn1. The molecule has 0 bridgehead atoms. The Bertz CT molecular complexity index is 1110. The van der Waals surface area contributed by atoms with Crippen LogP contribution < -0.4 is 0 Å². The summed E-state index contributed by atoms with van der Waals surface area (Å²) < 4.78 is 97.0. The van der Waals surface area contributed by atoms with Crippen molar-refractivity contribution in [1.29, 1.82) is 0 Å². The number of aromatic nitrogens is 4. The Morgan fingerprint density at radius 2 is 1.74 bits per heavy atom. The van der Waals surface area contributed by atoms with Crippen molar-refractivity contribution in [3.63, 3.8) is 0 Å². The van der Waals surface area contributed by atoms with Crippen LogP contribution in [0.3, 0.4) is 0 Å². The quantitative estimate of drug-likeness (QED) is 0.531. The van der Waals surface area contributed by atoms with Gasteiger partial charge < -0.3 is 0 Å². The molecule has 0 unspecified atom stereocenters. The fourth-order valence-electron chi connectivity index (χ4n) is 2.08. The van der Waals surface area contributed by atoms with Crippen molar-refractivity contribution in [2.75, 3.05) is 0 Å². The molecule has 0 atom stereocenters. The van der Waals surface area contributed by atoms with Gasteiger partial charge in [0.2, 0.25) is 0 Å². The first-order chi connectivity index (χ1) is 12.5. The van der Waals surface area contributed by atoms with Crippen molar-refractivity contribution in [2.45, 2.75) is 11.2 Å². The van der Waals surface area contributed by atoms with Crippen molar-refractivity contribution >= 4 is 10.1 Å². The van der Waals surface area contributed by atoms with Crippen LogP contribution in [0, 0.1) is 11.6 Å². The van der Waals surface area contributed by atoms with Crippen molar-refractivity contribution in [3.05, 3.63) is 54.0 Å². The second kappa shape index (κ2) is 6.35. The van der Waals surface area contributed by atoms with Gasteiger partial charge in [-0.1, -0.05) is 0 Å².